The molecule has 0 fully saturated rings. The lowest BCUT2D eigenvalue weighted by Crippen LogP contribution is -2.41. The molecular weight excluding hydrogens is 409 g/mol. The second-order valence-corrected chi connectivity index (χ2v) is 13.8. The van der Waals surface area contributed by atoms with E-state index in [1.165, 1.54) is 12.1 Å². The van der Waals surface area contributed by atoms with Gasteiger partial charge in [-0.1, -0.05) is 39.8 Å². The first-order valence-electron chi connectivity index (χ1n) is 10.3. The lowest BCUT2D eigenvalue weighted by atomic mass is 10.0. The molecule has 7 heteroatoms. The predicted molar refractivity (Wildman–Crippen MR) is 116 cm³/mol. The predicted octanol–water partition coefficient (Wildman–Crippen LogP) is 7.63. The van der Waals surface area contributed by atoms with Crippen LogP contribution in [0.3, 0.4) is 0 Å². The molecule has 1 atom stereocenters. The summed E-state index contributed by atoms with van der Waals surface area (Å²) >= 11 is 0. The average molecular weight is 443 g/mol. The van der Waals surface area contributed by atoms with Gasteiger partial charge in [0.1, 0.15) is 11.5 Å². The Kier molecular flexibility index (Phi) is 7.64. The smallest absolute Gasteiger partial charge is 0.416 e. The van der Waals surface area contributed by atoms with Gasteiger partial charge in [0, 0.05) is 31.3 Å². The molecule has 0 aliphatic rings. The highest BCUT2D eigenvalue weighted by Crippen LogP contribution is 2.38. The molecule has 168 valence electrons. The topological polar surface area (TPSA) is 31.6 Å². The third kappa shape index (κ3) is 5.77. The number of alkyl halides is 3. The highest BCUT2D eigenvalue weighted by molar-refractivity contribution is 6.74. The largest absolute Gasteiger partial charge is 0.461 e. The van der Waals surface area contributed by atoms with Gasteiger partial charge in [-0.05, 0) is 42.8 Å². The van der Waals surface area contributed by atoms with Crippen LogP contribution in [-0.4, -0.2) is 22.0 Å². The Balaban J connectivity index is 2.19. The molecule has 0 amide bonds. The van der Waals surface area contributed by atoms with Gasteiger partial charge in [-0.2, -0.15) is 13.2 Å². The molecule has 2 aromatic rings. The van der Waals surface area contributed by atoms with Gasteiger partial charge in [0.15, 0.2) is 8.32 Å². The first-order valence-corrected chi connectivity index (χ1v) is 13.2. The van der Waals surface area contributed by atoms with Crippen molar-refractivity contribution in [1.29, 1.82) is 0 Å². The highest BCUT2D eigenvalue weighted by Gasteiger charge is 2.37. The van der Waals surface area contributed by atoms with Gasteiger partial charge >= 0.3 is 6.18 Å². The fraction of sp³-hybridized carbons (Fsp3) is 0.565. The molecule has 0 aliphatic carbocycles. The average Bonchev–Trinajstić information content (AvgIpc) is 3.08. The molecule has 30 heavy (non-hydrogen) atoms. The Morgan fingerprint density at radius 1 is 1.07 bits per heavy atom. The summed E-state index contributed by atoms with van der Waals surface area (Å²) in [4.78, 5) is 0. The lowest BCUT2D eigenvalue weighted by Gasteiger charge is -2.36. The van der Waals surface area contributed by atoms with E-state index in [2.05, 4.69) is 33.9 Å². The first-order chi connectivity index (χ1) is 13.8. The van der Waals surface area contributed by atoms with Crippen LogP contribution < -0.4 is 0 Å². The summed E-state index contributed by atoms with van der Waals surface area (Å²) < 4.78 is 56.4. The number of methoxy groups -OCH3 is 1. The number of hydrogen-bond donors (Lipinski definition) is 0. The summed E-state index contributed by atoms with van der Waals surface area (Å²) in [5.41, 5.74) is 0.858. The Morgan fingerprint density at radius 2 is 1.67 bits per heavy atom. The number of rotatable bonds is 8. The number of ether oxygens (including phenoxy) is 1. The van der Waals surface area contributed by atoms with Gasteiger partial charge in [0.05, 0.1) is 11.7 Å². The van der Waals surface area contributed by atoms with Crippen molar-refractivity contribution < 1.29 is 26.8 Å². The number of hydrogen-bond acceptors (Lipinski definition) is 3. The number of furan rings is 1. The van der Waals surface area contributed by atoms with E-state index < -0.39 is 20.1 Å². The maximum atomic E-state index is 12.8. The molecule has 2 rings (SSSR count). The SMILES string of the molecule is CCc1oc(-c2ccc(C(F)(F)F)cc2)cc1C(CCO[Si](C)(C)C(C)(C)C)OC. The minimum Gasteiger partial charge on any atom is -0.461 e. The van der Waals surface area contributed by atoms with Crippen molar-refractivity contribution in [3.63, 3.8) is 0 Å². The van der Waals surface area contributed by atoms with Gasteiger partial charge in [-0.3, -0.25) is 0 Å². The second kappa shape index (κ2) is 9.28. The van der Waals surface area contributed by atoms with Crippen LogP contribution >= 0.6 is 0 Å². The maximum absolute atomic E-state index is 12.8. The molecule has 1 aromatic heterocycles. The van der Waals surface area contributed by atoms with Crippen molar-refractivity contribution in [1.82, 2.24) is 0 Å². The summed E-state index contributed by atoms with van der Waals surface area (Å²) in [7, 11) is -0.193. The van der Waals surface area contributed by atoms with E-state index in [0.717, 1.165) is 23.5 Å². The molecule has 0 bridgehead atoms. The van der Waals surface area contributed by atoms with Crippen molar-refractivity contribution in [2.45, 2.75) is 70.9 Å². The van der Waals surface area contributed by atoms with E-state index in [0.29, 0.717) is 30.8 Å². The molecule has 0 saturated heterocycles. The summed E-state index contributed by atoms with van der Waals surface area (Å²) in [5.74, 6) is 1.33. The summed E-state index contributed by atoms with van der Waals surface area (Å²) in [6.45, 7) is 13.6. The summed E-state index contributed by atoms with van der Waals surface area (Å²) in [6.07, 6.45) is -3.20. The lowest BCUT2D eigenvalue weighted by molar-refractivity contribution is -0.137. The third-order valence-electron chi connectivity index (χ3n) is 5.94. The minimum absolute atomic E-state index is 0.134. The molecule has 0 aliphatic heterocycles. The van der Waals surface area contributed by atoms with Crippen LogP contribution in [0, 0.1) is 0 Å². The van der Waals surface area contributed by atoms with Crippen molar-refractivity contribution in [3.05, 3.63) is 47.2 Å². The van der Waals surface area contributed by atoms with Gasteiger partial charge in [-0.15, -0.1) is 0 Å². The Bertz CT molecular complexity index is 818. The van der Waals surface area contributed by atoms with Gasteiger partial charge in [0.25, 0.3) is 0 Å². The normalized spacial score (nSPS) is 14.2. The first kappa shape index (κ1) is 24.7. The molecule has 3 nitrogen and oxygen atoms in total. The fourth-order valence-electron chi connectivity index (χ4n) is 3.00. The highest BCUT2D eigenvalue weighted by atomic mass is 28.4. The maximum Gasteiger partial charge on any atom is 0.416 e. The van der Waals surface area contributed by atoms with E-state index in [4.69, 9.17) is 13.6 Å². The molecule has 1 heterocycles. The number of halogens is 3. The van der Waals surface area contributed by atoms with E-state index >= 15 is 0 Å². The summed E-state index contributed by atoms with van der Waals surface area (Å²) in [6, 6.07) is 6.90. The van der Waals surface area contributed by atoms with Crippen molar-refractivity contribution >= 4 is 8.32 Å². The van der Waals surface area contributed by atoms with Gasteiger partial charge in [-0.25, -0.2) is 0 Å². The van der Waals surface area contributed by atoms with Crippen molar-refractivity contribution in [2.24, 2.45) is 0 Å². The van der Waals surface area contributed by atoms with Gasteiger partial charge < -0.3 is 13.6 Å². The van der Waals surface area contributed by atoms with Crippen molar-refractivity contribution in [2.75, 3.05) is 13.7 Å². The zero-order valence-electron chi connectivity index (χ0n) is 18.9. The zero-order chi connectivity index (χ0) is 22.7. The third-order valence-corrected chi connectivity index (χ3v) is 10.5. The molecule has 0 radical (unpaired) electrons. The molecule has 1 unspecified atom stereocenters. The van der Waals surface area contributed by atoms with Crippen LogP contribution in [0.4, 0.5) is 13.2 Å². The van der Waals surface area contributed by atoms with Crippen LogP contribution in [0.5, 0.6) is 0 Å². The van der Waals surface area contributed by atoms with Crippen LogP contribution in [0.25, 0.3) is 11.3 Å². The Labute approximate surface area is 178 Å². The second-order valence-electron chi connectivity index (χ2n) is 9.04. The quantitative estimate of drug-likeness (QED) is 0.394. The van der Waals surface area contributed by atoms with E-state index in [9.17, 15) is 13.2 Å². The van der Waals surface area contributed by atoms with E-state index in [1.54, 1.807) is 7.11 Å². The minimum atomic E-state index is -4.35. The standard InChI is InChI=1S/C23H33F3O3Si/c1-8-19-18(20(27-5)13-14-28-30(6,7)22(2,3)4)15-21(29-19)16-9-11-17(12-10-16)23(24,25)26/h9-12,15,20H,8,13-14H2,1-7H3. The van der Waals surface area contributed by atoms with E-state index in [-0.39, 0.29) is 11.1 Å². The van der Waals surface area contributed by atoms with Crippen LogP contribution in [0.2, 0.25) is 18.1 Å². The Morgan fingerprint density at radius 3 is 2.13 bits per heavy atom. The summed E-state index contributed by atoms with van der Waals surface area (Å²) in [5, 5.41) is 0.134. The molecule has 1 aromatic carbocycles. The van der Waals surface area contributed by atoms with Crippen LogP contribution in [0.15, 0.2) is 34.7 Å². The Hall–Kier alpha value is -1.57. The molecule has 0 N–H and O–H groups in total. The molecular formula is C23H33F3O3Si. The van der Waals surface area contributed by atoms with Gasteiger partial charge in [0.2, 0.25) is 0 Å². The van der Waals surface area contributed by atoms with E-state index in [1.807, 2.05) is 13.0 Å². The monoisotopic (exact) mass is 442 g/mol. The van der Waals surface area contributed by atoms with Crippen LogP contribution in [0.1, 0.15) is 57.1 Å². The molecule has 0 saturated carbocycles. The van der Waals surface area contributed by atoms with Crippen molar-refractivity contribution in [3.8, 4) is 11.3 Å². The zero-order valence-corrected chi connectivity index (χ0v) is 19.9. The number of aryl methyl sites for hydroxylation is 1. The fourth-order valence-corrected chi connectivity index (χ4v) is 4.06. The van der Waals surface area contributed by atoms with Crippen LogP contribution in [-0.2, 0) is 21.8 Å². The molecule has 0 spiro atoms. The number of benzene rings is 1.